The van der Waals surface area contributed by atoms with Crippen LogP contribution in [0, 0.1) is 0 Å². The molecule has 4 aromatic rings. The van der Waals surface area contributed by atoms with Gasteiger partial charge in [0.25, 0.3) is 0 Å². The number of halogens is 1. The first-order valence-corrected chi connectivity index (χ1v) is 11.2. The van der Waals surface area contributed by atoms with Gasteiger partial charge in [-0.15, -0.1) is 23.1 Å². The summed E-state index contributed by atoms with van der Waals surface area (Å²) in [4.78, 5) is 3.85. The van der Waals surface area contributed by atoms with Crippen LogP contribution in [0.5, 0.6) is 0 Å². The third-order valence-corrected chi connectivity index (χ3v) is 7.39. The average Bonchev–Trinajstić information content (AvgIpc) is 3.06. The summed E-state index contributed by atoms with van der Waals surface area (Å²) in [6, 6.07) is 30.1. The number of benzene rings is 3. The van der Waals surface area contributed by atoms with Crippen molar-refractivity contribution in [2.45, 2.75) is 4.90 Å². The van der Waals surface area contributed by atoms with Gasteiger partial charge >= 0.3 is 0 Å². The second kappa shape index (κ2) is 7.83. The Labute approximate surface area is 171 Å². The van der Waals surface area contributed by atoms with Gasteiger partial charge in [-0.1, -0.05) is 72.8 Å². The first-order chi connectivity index (χ1) is 12.8. The van der Waals surface area contributed by atoms with Crippen LogP contribution in [0.4, 0.5) is 0 Å². The van der Waals surface area contributed by atoms with Crippen molar-refractivity contribution in [1.29, 1.82) is 0 Å². The van der Waals surface area contributed by atoms with E-state index >= 15 is 0 Å². The molecule has 3 aromatic carbocycles. The third-order valence-electron chi connectivity index (χ3n) is 4.30. The standard InChI is InChI=1S/C23H17BrS2/c1-25-19-14-12-16(13-15-19)20-21(24)23(18-10-6-3-7-11-18)26-22(20)17-8-4-2-5-9-17/h2-15H,1H3. The minimum atomic E-state index is 1.17. The van der Waals surface area contributed by atoms with E-state index in [9.17, 15) is 0 Å². The summed E-state index contributed by atoms with van der Waals surface area (Å²) in [5.41, 5.74) is 5.01. The second-order valence-corrected chi connectivity index (χ2v) is 8.60. The van der Waals surface area contributed by atoms with Crippen LogP contribution in [-0.4, -0.2) is 6.26 Å². The van der Waals surface area contributed by atoms with Crippen LogP contribution in [0.25, 0.3) is 32.0 Å². The molecular formula is C23H17BrS2. The molecule has 0 bridgehead atoms. The van der Waals surface area contributed by atoms with Crippen molar-refractivity contribution in [3.8, 4) is 32.0 Å². The van der Waals surface area contributed by atoms with Gasteiger partial charge in [-0.05, 0) is 51.0 Å². The molecule has 128 valence electrons. The van der Waals surface area contributed by atoms with Crippen LogP contribution >= 0.6 is 39.0 Å². The summed E-state index contributed by atoms with van der Waals surface area (Å²) in [6.07, 6.45) is 2.11. The van der Waals surface area contributed by atoms with Gasteiger partial charge in [-0.25, -0.2) is 0 Å². The Bertz CT molecular complexity index is 1000. The van der Waals surface area contributed by atoms with Crippen molar-refractivity contribution in [3.63, 3.8) is 0 Å². The zero-order valence-corrected chi connectivity index (χ0v) is 17.5. The van der Waals surface area contributed by atoms with Gasteiger partial charge < -0.3 is 0 Å². The Morgan fingerprint density at radius 1 is 0.654 bits per heavy atom. The lowest BCUT2D eigenvalue weighted by Crippen LogP contribution is -1.81. The zero-order chi connectivity index (χ0) is 17.9. The SMILES string of the molecule is CSc1ccc(-c2c(-c3ccccc3)sc(-c3ccccc3)c2Br)cc1. The average molecular weight is 437 g/mol. The fourth-order valence-electron chi connectivity index (χ4n) is 2.99. The Morgan fingerprint density at radius 2 is 1.19 bits per heavy atom. The van der Waals surface area contributed by atoms with E-state index in [1.807, 2.05) is 11.3 Å². The van der Waals surface area contributed by atoms with Crippen molar-refractivity contribution >= 4 is 39.0 Å². The monoisotopic (exact) mass is 436 g/mol. The first-order valence-electron chi connectivity index (χ1n) is 8.35. The Hall–Kier alpha value is -1.81. The third kappa shape index (κ3) is 3.39. The van der Waals surface area contributed by atoms with E-state index in [4.69, 9.17) is 0 Å². The molecule has 0 nitrogen and oxygen atoms in total. The quantitative estimate of drug-likeness (QED) is 0.290. The van der Waals surface area contributed by atoms with Gasteiger partial charge in [-0.3, -0.25) is 0 Å². The van der Waals surface area contributed by atoms with Crippen LogP contribution < -0.4 is 0 Å². The highest BCUT2D eigenvalue weighted by atomic mass is 79.9. The lowest BCUT2D eigenvalue weighted by Gasteiger charge is -2.07. The van der Waals surface area contributed by atoms with E-state index in [0.717, 1.165) is 0 Å². The fourth-order valence-corrected chi connectivity index (χ4v) is 5.66. The highest BCUT2D eigenvalue weighted by Crippen LogP contribution is 2.50. The lowest BCUT2D eigenvalue weighted by atomic mass is 10.0. The van der Waals surface area contributed by atoms with E-state index in [1.54, 1.807) is 11.8 Å². The molecule has 0 radical (unpaired) electrons. The smallest absolute Gasteiger partial charge is 0.0498 e. The number of hydrogen-bond donors (Lipinski definition) is 0. The van der Waals surface area contributed by atoms with Gasteiger partial charge in [-0.2, -0.15) is 0 Å². The second-order valence-electron chi connectivity index (χ2n) is 5.91. The maximum absolute atomic E-state index is 3.91. The maximum atomic E-state index is 3.91. The predicted molar refractivity (Wildman–Crippen MR) is 120 cm³/mol. The summed E-state index contributed by atoms with van der Waals surface area (Å²) in [5.74, 6) is 0. The largest absolute Gasteiger partial charge is 0.133 e. The van der Waals surface area contributed by atoms with Crippen LogP contribution in [0.2, 0.25) is 0 Å². The summed E-state index contributed by atoms with van der Waals surface area (Å²) in [5, 5.41) is 0. The van der Waals surface area contributed by atoms with Crippen LogP contribution in [-0.2, 0) is 0 Å². The summed E-state index contributed by atoms with van der Waals surface area (Å²) in [7, 11) is 0. The van der Waals surface area contributed by atoms with Crippen LogP contribution in [0.1, 0.15) is 0 Å². The molecule has 1 heterocycles. The molecule has 0 spiro atoms. The number of thiophene rings is 1. The minimum Gasteiger partial charge on any atom is -0.133 e. The van der Waals surface area contributed by atoms with Crippen LogP contribution in [0.15, 0.2) is 94.3 Å². The number of hydrogen-bond acceptors (Lipinski definition) is 2. The molecule has 0 saturated heterocycles. The minimum absolute atomic E-state index is 1.17. The van der Waals surface area contributed by atoms with Crippen LogP contribution in [0.3, 0.4) is 0 Å². The highest BCUT2D eigenvalue weighted by molar-refractivity contribution is 9.10. The molecule has 0 aliphatic rings. The van der Waals surface area contributed by atoms with Gasteiger partial charge in [0.05, 0.1) is 0 Å². The molecule has 0 atom stereocenters. The predicted octanol–water partition coefficient (Wildman–Crippen LogP) is 8.23. The van der Waals surface area contributed by atoms with Crippen molar-refractivity contribution < 1.29 is 0 Å². The van der Waals surface area contributed by atoms with Crippen molar-refractivity contribution in [2.24, 2.45) is 0 Å². The molecule has 0 N–H and O–H groups in total. The Kier molecular flexibility index (Phi) is 5.30. The summed E-state index contributed by atoms with van der Waals surface area (Å²) in [6.45, 7) is 0. The topological polar surface area (TPSA) is 0 Å². The normalized spacial score (nSPS) is 10.8. The molecular weight excluding hydrogens is 420 g/mol. The molecule has 0 saturated carbocycles. The van der Waals surface area contributed by atoms with Crippen molar-refractivity contribution in [2.75, 3.05) is 6.26 Å². The van der Waals surface area contributed by atoms with E-state index in [1.165, 1.54) is 41.4 Å². The Balaban J connectivity index is 1.94. The number of thioether (sulfide) groups is 1. The van der Waals surface area contributed by atoms with E-state index in [0.29, 0.717) is 0 Å². The number of rotatable bonds is 4. The molecule has 0 aliphatic carbocycles. The maximum Gasteiger partial charge on any atom is 0.0498 e. The fraction of sp³-hybridized carbons (Fsp3) is 0.0435. The molecule has 3 heteroatoms. The van der Waals surface area contributed by atoms with Gasteiger partial charge in [0.15, 0.2) is 0 Å². The van der Waals surface area contributed by atoms with Crippen molar-refractivity contribution in [1.82, 2.24) is 0 Å². The van der Waals surface area contributed by atoms with E-state index in [2.05, 4.69) is 107 Å². The highest BCUT2D eigenvalue weighted by Gasteiger charge is 2.20. The van der Waals surface area contributed by atoms with E-state index in [-0.39, 0.29) is 0 Å². The van der Waals surface area contributed by atoms with Gasteiger partial charge in [0.2, 0.25) is 0 Å². The molecule has 0 unspecified atom stereocenters. The Morgan fingerprint density at radius 3 is 1.73 bits per heavy atom. The van der Waals surface area contributed by atoms with Gasteiger partial charge in [0.1, 0.15) is 0 Å². The molecule has 1 aromatic heterocycles. The zero-order valence-electron chi connectivity index (χ0n) is 14.3. The molecule has 0 fully saturated rings. The van der Waals surface area contributed by atoms with Crippen molar-refractivity contribution in [3.05, 3.63) is 89.4 Å². The molecule has 4 rings (SSSR count). The first kappa shape index (κ1) is 17.6. The molecule has 0 amide bonds. The van der Waals surface area contributed by atoms with Gasteiger partial charge in [0, 0.05) is 24.7 Å². The van der Waals surface area contributed by atoms with E-state index < -0.39 is 0 Å². The molecule has 26 heavy (non-hydrogen) atoms. The summed E-state index contributed by atoms with van der Waals surface area (Å²) < 4.78 is 1.17. The summed E-state index contributed by atoms with van der Waals surface area (Å²) >= 11 is 7.53. The molecule has 0 aliphatic heterocycles. The lowest BCUT2D eigenvalue weighted by molar-refractivity contribution is 1.46.